The second-order valence-electron chi connectivity index (χ2n) is 17.3. The van der Waals surface area contributed by atoms with Crippen LogP contribution in [0.15, 0.2) is 279 Å². The van der Waals surface area contributed by atoms with Gasteiger partial charge in [-0.15, -0.1) is 0 Å². The fourth-order valence-corrected chi connectivity index (χ4v) is 9.29. The van der Waals surface area contributed by atoms with E-state index in [0.29, 0.717) is 0 Å². The van der Waals surface area contributed by atoms with Crippen molar-refractivity contribution in [2.75, 3.05) is 9.80 Å². The first-order valence-corrected chi connectivity index (χ1v) is 23.6. The molecule has 0 saturated heterocycles. The SMILES string of the molecule is C1=CC(c2ccc(-c3ccc(N(c4ccc(-c5ccccc5)cc4)c4ccc(-c5ccc(N(c6ccc(-c7ccccc7)cc6)c6ccc(-c7ccccc7)cc6)cc5)cc4)cc3)cc2)=CCC1. The maximum atomic E-state index is 2.35. The van der Waals surface area contributed by atoms with Gasteiger partial charge in [0, 0.05) is 34.1 Å². The molecule has 0 amide bonds. The minimum Gasteiger partial charge on any atom is -0.311 e. The first-order valence-electron chi connectivity index (χ1n) is 23.6. The number of nitrogens with zero attached hydrogens (tertiary/aromatic N) is 2. The lowest BCUT2D eigenvalue weighted by atomic mass is 9.97. The molecule has 2 nitrogen and oxygen atoms in total. The highest BCUT2D eigenvalue weighted by atomic mass is 15.1. The van der Waals surface area contributed by atoms with E-state index in [0.717, 1.165) is 58.1 Å². The largest absolute Gasteiger partial charge is 0.311 e. The molecule has 0 bridgehead atoms. The third-order valence-corrected chi connectivity index (χ3v) is 13.0. The van der Waals surface area contributed by atoms with Gasteiger partial charge in [-0.2, -0.15) is 0 Å². The van der Waals surface area contributed by atoms with Gasteiger partial charge in [-0.25, -0.2) is 0 Å². The molecule has 0 atom stereocenters. The molecule has 11 rings (SSSR count). The van der Waals surface area contributed by atoms with E-state index in [1.807, 2.05) is 0 Å². The van der Waals surface area contributed by atoms with Crippen LogP contribution in [0.3, 0.4) is 0 Å². The van der Waals surface area contributed by atoms with E-state index in [1.54, 1.807) is 0 Å². The van der Waals surface area contributed by atoms with Crippen LogP contribution in [0, 0.1) is 0 Å². The van der Waals surface area contributed by atoms with Gasteiger partial charge in [0.05, 0.1) is 0 Å². The van der Waals surface area contributed by atoms with Crippen LogP contribution in [-0.4, -0.2) is 0 Å². The lowest BCUT2D eigenvalue weighted by Crippen LogP contribution is -2.10. The molecule has 68 heavy (non-hydrogen) atoms. The van der Waals surface area contributed by atoms with Crippen LogP contribution in [0.4, 0.5) is 34.1 Å². The molecule has 0 radical (unpaired) electrons. The third-order valence-electron chi connectivity index (χ3n) is 13.0. The summed E-state index contributed by atoms with van der Waals surface area (Å²) in [5, 5.41) is 0. The number of allylic oxidation sites excluding steroid dienone is 4. The lowest BCUT2D eigenvalue weighted by Gasteiger charge is -2.27. The molecule has 0 unspecified atom stereocenters. The second kappa shape index (κ2) is 19.4. The first-order chi connectivity index (χ1) is 33.7. The molecule has 0 heterocycles. The summed E-state index contributed by atoms with van der Waals surface area (Å²) in [5.41, 5.74) is 21.1. The Bertz CT molecular complexity index is 3200. The van der Waals surface area contributed by atoms with E-state index in [1.165, 1.54) is 55.6 Å². The lowest BCUT2D eigenvalue weighted by molar-refractivity contribution is 1.04. The molecule has 0 N–H and O–H groups in total. The fourth-order valence-electron chi connectivity index (χ4n) is 9.29. The van der Waals surface area contributed by atoms with Gasteiger partial charge in [-0.1, -0.05) is 206 Å². The molecule has 324 valence electrons. The zero-order chi connectivity index (χ0) is 45.5. The van der Waals surface area contributed by atoms with Crippen molar-refractivity contribution in [3.05, 3.63) is 285 Å². The quantitative estimate of drug-likeness (QED) is 0.121. The summed E-state index contributed by atoms with van der Waals surface area (Å²) in [6.45, 7) is 0. The zero-order valence-corrected chi connectivity index (χ0v) is 37.9. The van der Waals surface area contributed by atoms with E-state index in [-0.39, 0.29) is 0 Å². The Hall–Kier alpha value is -8.72. The predicted molar refractivity (Wildman–Crippen MR) is 289 cm³/mol. The number of anilines is 6. The van der Waals surface area contributed by atoms with Crippen molar-refractivity contribution in [3.63, 3.8) is 0 Å². The topological polar surface area (TPSA) is 6.48 Å². The second-order valence-corrected chi connectivity index (χ2v) is 17.3. The van der Waals surface area contributed by atoms with Crippen LogP contribution in [-0.2, 0) is 0 Å². The van der Waals surface area contributed by atoms with Crippen molar-refractivity contribution in [1.82, 2.24) is 0 Å². The highest BCUT2D eigenvalue weighted by Gasteiger charge is 2.17. The Kier molecular flexibility index (Phi) is 12.0. The van der Waals surface area contributed by atoms with E-state index >= 15 is 0 Å². The van der Waals surface area contributed by atoms with Crippen LogP contribution < -0.4 is 9.80 Å². The molecule has 0 aromatic heterocycles. The average molecular weight is 871 g/mol. The summed E-state index contributed by atoms with van der Waals surface area (Å²) in [7, 11) is 0. The highest BCUT2D eigenvalue weighted by Crippen LogP contribution is 2.40. The van der Waals surface area contributed by atoms with E-state index in [4.69, 9.17) is 0 Å². The van der Waals surface area contributed by atoms with Gasteiger partial charge >= 0.3 is 0 Å². The van der Waals surface area contributed by atoms with Crippen molar-refractivity contribution in [3.8, 4) is 55.6 Å². The summed E-state index contributed by atoms with van der Waals surface area (Å²) >= 11 is 0. The summed E-state index contributed by atoms with van der Waals surface area (Å²) in [6.07, 6.45) is 9.07. The summed E-state index contributed by atoms with van der Waals surface area (Å²) < 4.78 is 0. The number of benzene rings is 10. The predicted octanol–water partition coefficient (Wildman–Crippen LogP) is 18.7. The summed E-state index contributed by atoms with van der Waals surface area (Å²) in [6, 6.07) is 94.2. The van der Waals surface area contributed by atoms with E-state index in [2.05, 4.69) is 289 Å². The maximum Gasteiger partial charge on any atom is 0.0462 e. The first kappa shape index (κ1) is 41.9. The van der Waals surface area contributed by atoms with Gasteiger partial charge < -0.3 is 9.80 Å². The fraction of sp³-hybridized carbons (Fsp3) is 0.0303. The molecule has 10 aromatic carbocycles. The summed E-state index contributed by atoms with van der Waals surface area (Å²) in [5.74, 6) is 0. The average Bonchev–Trinajstić information content (AvgIpc) is 3.43. The molecule has 1 aliphatic rings. The van der Waals surface area contributed by atoms with Gasteiger partial charge in [-0.3, -0.25) is 0 Å². The van der Waals surface area contributed by atoms with E-state index in [9.17, 15) is 0 Å². The Labute approximate surface area is 400 Å². The molecule has 1 aliphatic carbocycles. The van der Waals surface area contributed by atoms with Crippen molar-refractivity contribution in [1.29, 1.82) is 0 Å². The standard InChI is InChI=1S/C66H50N2/c1-5-13-49(14-6-1)53-21-23-54(24-22-53)58-31-43-64(44-32-58)68(63-41-29-57(30-42-63)52-19-11-4-12-20-52)66-47-35-60(36-48-66)59-33-45-65(46-34-59)67(61-37-25-55(26-38-61)50-15-7-2-8-16-50)62-39-27-56(28-40-62)51-17-9-3-10-18-51/h2-5,7-48H,1,6H2. The minimum atomic E-state index is 1.09. The Morgan fingerprint density at radius 1 is 0.206 bits per heavy atom. The van der Waals surface area contributed by atoms with Gasteiger partial charge in [0.1, 0.15) is 0 Å². The number of hydrogen-bond donors (Lipinski definition) is 0. The summed E-state index contributed by atoms with van der Waals surface area (Å²) in [4.78, 5) is 4.69. The Morgan fingerprint density at radius 3 is 0.662 bits per heavy atom. The maximum absolute atomic E-state index is 2.35. The van der Waals surface area contributed by atoms with Crippen LogP contribution in [0.2, 0.25) is 0 Å². The molecular formula is C66H50N2. The Balaban J connectivity index is 0.889. The van der Waals surface area contributed by atoms with Crippen molar-refractivity contribution < 1.29 is 0 Å². The zero-order valence-electron chi connectivity index (χ0n) is 37.9. The van der Waals surface area contributed by atoms with Crippen LogP contribution in [0.1, 0.15) is 18.4 Å². The number of rotatable bonds is 12. The van der Waals surface area contributed by atoms with Crippen LogP contribution in [0.5, 0.6) is 0 Å². The molecule has 2 heteroatoms. The smallest absolute Gasteiger partial charge is 0.0462 e. The van der Waals surface area contributed by atoms with Gasteiger partial charge in [0.2, 0.25) is 0 Å². The highest BCUT2D eigenvalue weighted by molar-refractivity contribution is 5.84. The van der Waals surface area contributed by atoms with Gasteiger partial charge in [0.15, 0.2) is 0 Å². The van der Waals surface area contributed by atoms with Crippen molar-refractivity contribution >= 4 is 39.7 Å². The van der Waals surface area contributed by atoms with Crippen molar-refractivity contribution in [2.24, 2.45) is 0 Å². The van der Waals surface area contributed by atoms with Crippen molar-refractivity contribution in [2.45, 2.75) is 12.8 Å². The molecule has 10 aromatic rings. The minimum absolute atomic E-state index is 1.09. The number of hydrogen-bond acceptors (Lipinski definition) is 2. The Morgan fingerprint density at radius 2 is 0.426 bits per heavy atom. The normalized spacial score (nSPS) is 12.0. The third kappa shape index (κ3) is 9.09. The monoisotopic (exact) mass is 870 g/mol. The van der Waals surface area contributed by atoms with Gasteiger partial charge in [-0.05, 0) is 152 Å². The molecule has 0 fully saturated rings. The molecular weight excluding hydrogens is 821 g/mol. The van der Waals surface area contributed by atoms with E-state index < -0.39 is 0 Å². The van der Waals surface area contributed by atoms with Crippen LogP contribution in [0.25, 0.3) is 61.2 Å². The van der Waals surface area contributed by atoms with Crippen LogP contribution >= 0.6 is 0 Å². The molecule has 0 saturated carbocycles. The molecule has 0 spiro atoms. The molecule has 0 aliphatic heterocycles. The van der Waals surface area contributed by atoms with Gasteiger partial charge in [0.25, 0.3) is 0 Å².